The van der Waals surface area contributed by atoms with Crippen molar-refractivity contribution < 1.29 is 9.59 Å². The number of hydrogen-bond donors (Lipinski definition) is 1. The summed E-state index contributed by atoms with van der Waals surface area (Å²) >= 11 is 5.03. The smallest absolute Gasteiger partial charge is 0.243 e. The molecule has 1 N–H and O–H groups in total. The summed E-state index contributed by atoms with van der Waals surface area (Å²) < 4.78 is 0.945. The number of nitrogens with one attached hydrogen (secondary N) is 1. The topological polar surface area (TPSA) is 49.4 Å². The average molecular weight is 554 g/mol. The number of halogens is 1. The van der Waals surface area contributed by atoms with Crippen LogP contribution in [0.15, 0.2) is 88.2 Å². The first-order valence-electron chi connectivity index (χ1n) is 11.9. The predicted molar refractivity (Wildman–Crippen MR) is 148 cm³/mol. The van der Waals surface area contributed by atoms with Crippen molar-refractivity contribution in [1.82, 2.24) is 10.2 Å². The highest BCUT2D eigenvalue weighted by Gasteiger charge is 2.30. The van der Waals surface area contributed by atoms with E-state index in [1.165, 1.54) is 17.3 Å². The number of carbonyl (C=O) groups is 2. The van der Waals surface area contributed by atoms with Crippen LogP contribution in [0.4, 0.5) is 0 Å². The Morgan fingerprint density at radius 3 is 2.29 bits per heavy atom. The number of carbonyl (C=O) groups excluding carboxylic acids is 2. The number of rotatable bonds is 11. The van der Waals surface area contributed by atoms with Crippen molar-refractivity contribution in [2.24, 2.45) is 5.92 Å². The van der Waals surface area contributed by atoms with Crippen molar-refractivity contribution in [2.75, 3.05) is 12.3 Å². The molecular formula is C29H33BrN2O2S. The maximum absolute atomic E-state index is 13.7. The van der Waals surface area contributed by atoms with Crippen LogP contribution in [0.3, 0.4) is 0 Å². The van der Waals surface area contributed by atoms with Crippen molar-refractivity contribution in [3.63, 3.8) is 0 Å². The molecule has 1 atom stereocenters. The molecule has 3 aromatic carbocycles. The SMILES string of the molecule is Cc1ccc(SCC(=O)N(Cc2cccc(Br)c2)C(Cc2ccccc2)C(=O)NCC(C)C)cc1. The van der Waals surface area contributed by atoms with Crippen LogP contribution in [0.5, 0.6) is 0 Å². The van der Waals surface area contributed by atoms with Gasteiger partial charge in [-0.1, -0.05) is 89.9 Å². The first-order chi connectivity index (χ1) is 16.8. The molecule has 0 fully saturated rings. The largest absolute Gasteiger partial charge is 0.354 e. The van der Waals surface area contributed by atoms with Gasteiger partial charge in [0.2, 0.25) is 11.8 Å². The summed E-state index contributed by atoms with van der Waals surface area (Å²) in [5.41, 5.74) is 3.18. The van der Waals surface area contributed by atoms with Gasteiger partial charge in [0.15, 0.2) is 0 Å². The third kappa shape index (κ3) is 8.86. The van der Waals surface area contributed by atoms with Crippen LogP contribution in [-0.4, -0.2) is 35.1 Å². The fraction of sp³-hybridized carbons (Fsp3) is 0.310. The molecule has 0 aliphatic carbocycles. The normalized spacial score (nSPS) is 11.8. The molecule has 0 aliphatic rings. The molecular weight excluding hydrogens is 520 g/mol. The molecule has 3 aromatic rings. The molecule has 0 radical (unpaired) electrons. The van der Waals surface area contributed by atoms with Gasteiger partial charge in [0, 0.05) is 28.9 Å². The molecule has 0 spiro atoms. The van der Waals surface area contributed by atoms with Gasteiger partial charge in [-0.25, -0.2) is 0 Å². The molecule has 0 heterocycles. The third-order valence-electron chi connectivity index (χ3n) is 5.58. The zero-order valence-corrected chi connectivity index (χ0v) is 22.9. The van der Waals surface area contributed by atoms with Crippen molar-refractivity contribution in [3.8, 4) is 0 Å². The number of nitrogens with zero attached hydrogens (tertiary/aromatic N) is 1. The minimum Gasteiger partial charge on any atom is -0.354 e. The van der Waals surface area contributed by atoms with Gasteiger partial charge in [-0.05, 0) is 48.2 Å². The van der Waals surface area contributed by atoms with Gasteiger partial charge >= 0.3 is 0 Å². The zero-order valence-electron chi connectivity index (χ0n) is 20.5. The Labute approximate surface area is 221 Å². The standard InChI is InChI=1S/C29H33BrN2O2S/c1-21(2)18-31-29(34)27(17-23-8-5-4-6-9-23)32(19-24-10-7-11-25(30)16-24)28(33)20-35-26-14-12-22(3)13-15-26/h4-16,21,27H,17-20H2,1-3H3,(H,31,34). The summed E-state index contributed by atoms with van der Waals surface area (Å²) in [7, 11) is 0. The third-order valence-corrected chi connectivity index (χ3v) is 7.07. The van der Waals surface area contributed by atoms with Gasteiger partial charge in [-0.2, -0.15) is 0 Å². The Balaban J connectivity index is 1.89. The molecule has 6 heteroatoms. The fourth-order valence-electron chi connectivity index (χ4n) is 3.67. The highest BCUT2D eigenvalue weighted by Crippen LogP contribution is 2.22. The van der Waals surface area contributed by atoms with E-state index in [-0.39, 0.29) is 17.6 Å². The van der Waals surface area contributed by atoms with Crippen molar-refractivity contribution in [3.05, 3.63) is 100 Å². The van der Waals surface area contributed by atoms with Gasteiger partial charge in [0.05, 0.1) is 5.75 Å². The number of aryl methyl sites for hydroxylation is 1. The lowest BCUT2D eigenvalue weighted by molar-refractivity contribution is -0.139. The summed E-state index contributed by atoms with van der Waals surface area (Å²) in [4.78, 5) is 29.9. The average Bonchev–Trinajstić information content (AvgIpc) is 2.85. The molecule has 1 unspecified atom stereocenters. The lowest BCUT2D eigenvalue weighted by Crippen LogP contribution is -2.51. The van der Waals surface area contributed by atoms with Gasteiger partial charge in [-0.3, -0.25) is 9.59 Å². The van der Waals surface area contributed by atoms with E-state index in [0.717, 1.165) is 20.5 Å². The van der Waals surface area contributed by atoms with Crippen LogP contribution in [0, 0.1) is 12.8 Å². The van der Waals surface area contributed by atoms with Crippen molar-refractivity contribution in [2.45, 2.75) is 44.7 Å². The van der Waals surface area contributed by atoms with Crippen LogP contribution in [0.2, 0.25) is 0 Å². The van der Waals surface area contributed by atoms with E-state index in [1.54, 1.807) is 4.90 Å². The summed E-state index contributed by atoms with van der Waals surface area (Å²) in [5.74, 6) is 0.407. The molecule has 35 heavy (non-hydrogen) atoms. The van der Waals surface area contributed by atoms with Gasteiger partial charge in [0.25, 0.3) is 0 Å². The summed E-state index contributed by atoms with van der Waals surface area (Å²) in [6, 6.07) is 25.3. The van der Waals surface area contributed by atoms with Crippen LogP contribution < -0.4 is 5.32 Å². The lowest BCUT2D eigenvalue weighted by Gasteiger charge is -2.32. The maximum atomic E-state index is 13.7. The highest BCUT2D eigenvalue weighted by atomic mass is 79.9. The monoisotopic (exact) mass is 552 g/mol. The zero-order chi connectivity index (χ0) is 25.2. The highest BCUT2D eigenvalue weighted by molar-refractivity contribution is 9.10. The van der Waals surface area contributed by atoms with E-state index in [1.807, 2.05) is 85.8 Å². The lowest BCUT2D eigenvalue weighted by atomic mass is 10.0. The summed E-state index contributed by atoms with van der Waals surface area (Å²) in [6.45, 7) is 7.11. The molecule has 2 amide bonds. The molecule has 3 rings (SSSR count). The number of benzene rings is 3. The Hall–Kier alpha value is -2.57. The van der Waals surface area contributed by atoms with Crippen LogP contribution in [-0.2, 0) is 22.6 Å². The second-order valence-electron chi connectivity index (χ2n) is 9.10. The van der Waals surface area contributed by atoms with Crippen molar-refractivity contribution in [1.29, 1.82) is 0 Å². The number of hydrogen-bond acceptors (Lipinski definition) is 3. The molecule has 0 aliphatic heterocycles. The minimum absolute atomic E-state index is 0.0591. The Kier molecular flexibility index (Phi) is 10.4. The van der Waals surface area contributed by atoms with E-state index in [9.17, 15) is 9.59 Å². The van der Waals surface area contributed by atoms with Gasteiger partial charge in [0.1, 0.15) is 6.04 Å². The molecule has 0 saturated heterocycles. The van der Waals surface area contributed by atoms with E-state index < -0.39 is 6.04 Å². The Bertz CT molecular complexity index is 1100. The van der Waals surface area contributed by atoms with Crippen molar-refractivity contribution >= 4 is 39.5 Å². The van der Waals surface area contributed by atoms with E-state index in [0.29, 0.717) is 25.4 Å². The molecule has 184 valence electrons. The molecule has 0 bridgehead atoms. The van der Waals surface area contributed by atoms with Gasteiger partial charge in [-0.15, -0.1) is 11.8 Å². The van der Waals surface area contributed by atoms with E-state index in [2.05, 4.69) is 35.1 Å². The summed E-state index contributed by atoms with van der Waals surface area (Å²) in [6.07, 6.45) is 0.458. The maximum Gasteiger partial charge on any atom is 0.243 e. The second-order valence-corrected chi connectivity index (χ2v) is 11.1. The first kappa shape index (κ1) is 27.0. The molecule has 0 aromatic heterocycles. The molecule has 0 saturated carbocycles. The van der Waals surface area contributed by atoms with Gasteiger partial charge < -0.3 is 10.2 Å². The number of thioether (sulfide) groups is 1. The summed E-state index contributed by atoms with van der Waals surface area (Å²) in [5, 5.41) is 3.07. The van der Waals surface area contributed by atoms with E-state index in [4.69, 9.17) is 0 Å². The first-order valence-corrected chi connectivity index (χ1v) is 13.6. The Morgan fingerprint density at radius 1 is 0.943 bits per heavy atom. The fourth-order valence-corrected chi connectivity index (χ4v) is 4.90. The van der Waals surface area contributed by atoms with Crippen LogP contribution in [0.25, 0.3) is 0 Å². The minimum atomic E-state index is -0.610. The molecule has 4 nitrogen and oxygen atoms in total. The second kappa shape index (κ2) is 13.5. The van der Waals surface area contributed by atoms with Crippen LogP contribution >= 0.6 is 27.7 Å². The Morgan fingerprint density at radius 2 is 1.63 bits per heavy atom. The quantitative estimate of drug-likeness (QED) is 0.285. The number of amides is 2. The van der Waals surface area contributed by atoms with E-state index >= 15 is 0 Å². The predicted octanol–water partition coefficient (Wildman–Crippen LogP) is 6.26. The van der Waals surface area contributed by atoms with Crippen LogP contribution in [0.1, 0.15) is 30.5 Å².